The Labute approximate surface area is 150 Å². The minimum atomic E-state index is -1.04. The van der Waals surface area contributed by atoms with Crippen LogP contribution in [0, 0.1) is 5.92 Å². The van der Waals surface area contributed by atoms with Gasteiger partial charge in [0.1, 0.15) is 0 Å². The van der Waals surface area contributed by atoms with Gasteiger partial charge >= 0.3 is 5.97 Å². The molecule has 8 heteroatoms. The van der Waals surface area contributed by atoms with Crippen molar-refractivity contribution in [2.75, 3.05) is 25.2 Å². The molecule has 1 fully saturated rings. The van der Waals surface area contributed by atoms with Crippen LogP contribution in [0.15, 0.2) is 24.3 Å². The molecule has 1 aromatic rings. The molecule has 7 nitrogen and oxygen atoms in total. The van der Waals surface area contributed by atoms with E-state index in [2.05, 4.69) is 5.32 Å². The van der Waals surface area contributed by atoms with E-state index in [4.69, 9.17) is 21.4 Å². The van der Waals surface area contributed by atoms with Crippen LogP contribution in [0.1, 0.15) is 19.8 Å². The predicted molar refractivity (Wildman–Crippen MR) is 92.6 cm³/mol. The molecule has 0 aromatic heterocycles. The number of hydrogen-bond donors (Lipinski definition) is 2. The maximum Gasteiger partial charge on any atom is 0.305 e. The number of hydrogen-bond acceptors (Lipinski definition) is 4. The van der Waals surface area contributed by atoms with Crippen LogP contribution < -0.4 is 10.2 Å². The van der Waals surface area contributed by atoms with Crippen LogP contribution in [0.25, 0.3) is 0 Å². The van der Waals surface area contributed by atoms with Crippen LogP contribution in [0.2, 0.25) is 5.02 Å². The number of rotatable bonds is 7. The van der Waals surface area contributed by atoms with Crippen molar-refractivity contribution in [2.45, 2.75) is 25.3 Å². The van der Waals surface area contributed by atoms with E-state index < -0.39 is 17.4 Å². The number of ether oxygens (including phenoxy) is 1. The Bertz CT molecular complexity index is 681. The van der Waals surface area contributed by atoms with Crippen molar-refractivity contribution in [3.8, 4) is 0 Å². The summed E-state index contributed by atoms with van der Waals surface area (Å²) in [6, 6.07) is 6.93. The summed E-state index contributed by atoms with van der Waals surface area (Å²) in [5, 5.41) is 12.2. The predicted octanol–water partition coefficient (Wildman–Crippen LogP) is 1.69. The number of aliphatic carboxylic acids is 1. The van der Waals surface area contributed by atoms with E-state index in [0.29, 0.717) is 10.7 Å². The number of carbonyl (C=O) groups excluding carboxylic acids is 2. The fourth-order valence-corrected chi connectivity index (χ4v) is 3.21. The lowest BCUT2D eigenvalue weighted by Gasteiger charge is -2.29. The third-order valence-corrected chi connectivity index (χ3v) is 4.39. The molecule has 2 unspecified atom stereocenters. The van der Waals surface area contributed by atoms with Gasteiger partial charge in [-0.25, -0.2) is 0 Å². The quantitative estimate of drug-likeness (QED) is 0.763. The van der Waals surface area contributed by atoms with Gasteiger partial charge in [-0.3, -0.25) is 14.4 Å². The lowest BCUT2D eigenvalue weighted by molar-refractivity contribution is -0.140. The van der Waals surface area contributed by atoms with E-state index in [9.17, 15) is 14.4 Å². The van der Waals surface area contributed by atoms with E-state index in [1.54, 1.807) is 31.2 Å². The first-order chi connectivity index (χ1) is 11.8. The second-order valence-corrected chi connectivity index (χ2v) is 6.82. The first kappa shape index (κ1) is 19.2. The number of carbonyl (C=O) groups is 3. The molecule has 0 bridgehead atoms. The molecule has 1 saturated heterocycles. The summed E-state index contributed by atoms with van der Waals surface area (Å²) in [7, 11) is 1.44. The highest BCUT2D eigenvalue weighted by Crippen LogP contribution is 2.31. The Morgan fingerprint density at radius 2 is 2.12 bits per heavy atom. The van der Waals surface area contributed by atoms with E-state index in [0.717, 1.165) is 0 Å². The van der Waals surface area contributed by atoms with Crippen LogP contribution in [0.3, 0.4) is 0 Å². The number of carboxylic acids is 1. The van der Waals surface area contributed by atoms with Gasteiger partial charge in [0, 0.05) is 20.1 Å². The monoisotopic (exact) mass is 368 g/mol. The Hall–Kier alpha value is -2.12. The molecule has 2 rings (SSSR count). The minimum Gasteiger partial charge on any atom is -0.481 e. The van der Waals surface area contributed by atoms with Crippen LogP contribution in [-0.4, -0.2) is 48.7 Å². The topological polar surface area (TPSA) is 95.9 Å². The molecular formula is C17H21ClN2O5. The zero-order valence-electron chi connectivity index (χ0n) is 14.1. The summed E-state index contributed by atoms with van der Waals surface area (Å²) in [5.74, 6) is -2.18. The van der Waals surface area contributed by atoms with E-state index in [1.807, 2.05) is 0 Å². The highest BCUT2D eigenvalue weighted by molar-refractivity contribution is 6.33. The lowest BCUT2D eigenvalue weighted by atomic mass is 9.97. The number of anilines is 1. The number of halogens is 1. The normalized spacial score (nSPS) is 19.6. The van der Waals surface area contributed by atoms with Gasteiger partial charge in [0.25, 0.3) is 0 Å². The van der Waals surface area contributed by atoms with Gasteiger partial charge in [0.15, 0.2) is 0 Å². The van der Waals surface area contributed by atoms with Crippen LogP contribution in [-0.2, 0) is 19.1 Å². The third-order valence-electron chi connectivity index (χ3n) is 4.07. The number of nitrogens with zero attached hydrogens (tertiary/aromatic N) is 1. The number of amides is 2. The largest absolute Gasteiger partial charge is 0.481 e. The summed E-state index contributed by atoms with van der Waals surface area (Å²) in [6.45, 7) is 1.86. The summed E-state index contributed by atoms with van der Waals surface area (Å²) < 4.78 is 5.03. The van der Waals surface area contributed by atoms with Gasteiger partial charge in [-0.1, -0.05) is 23.7 Å². The van der Waals surface area contributed by atoms with Crippen molar-refractivity contribution in [3.05, 3.63) is 29.3 Å². The summed E-state index contributed by atoms with van der Waals surface area (Å²) >= 11 is 6.13. The molecule has 2 amide bonds. The van der Waals surface area contributed by atoms with Gasteiger partial charge in [-0.15, -0.1) is 0 Å². The van der Waals surface area contributed by atoms with Crippen LogP contribution >= 0.6 is 11.6 Å². The highest BCUT2D eigenvalue weighted by atomic mass is 35.5. The Kier molecular flexibility index (Phi) is 6.02. The van der Waals surface area contributed by atoms with E-state index in [-0.39, 0.29) is 37.8 Å². The molecule has 1 heterocycles. The Balaban J connectivity index is 2.09. The second-order valence-electron chi connectivity index (χ2n) is 6.41. The average Bonchev–Trinajstić information content (AvgIpc) is 2.89. The first-order valence-electron chi connectivity index (χ1n) is 7.83. The van der Waals surface area contributed by atoms with Gasteiger partial charge < -0.3 is 20.1 Å². The molecule has 0 aliphatic carbocycles. The molecule has 1 aromatic carbocycles. The van der Waals surface area contributed by atoms with Crippen LogP contribution in [0.4, 0.5) is 5.69 Å². The van der Waals surface area contributed by atoms with Crippen molar-refractivity contribution in [1.82, 2.24) is 5.32 Å². The van der Waals surface area contributed by atoms with E-state index in [1.165, 1.54) is 12.0 Å². The first-order valence-corrected chi connectivity index (χ1v) is 8.21. The van der Waals surface area contributed by atoms with Crippen molar-refractivity contribution in [2.24, 2.45) is 5.92 Å². The van der Waals surface area contributed by atoms with Gasteiger partial charge in [-0.05, 0) is 19.1 Å². The molecule has 0 spiro atoms. The summed E-state index contributed by atoms with van der Waals surface area (Å²) in [4.78, 5) is 37.4. The van der Waals surface area contributed by atoms with Crippen LogP contribution in [0.5, 0.6) is 0 Å². The van der Waals surface area contributed by atoms with Gasteiger partial charge in [0.2, 0.25) is 11.8 Å². The minimum absolute atomic E-state index is 0.0488. The maximum atomic E-state index is 12.6. The summed E-state index contributed by atoms with van der Waals surface area (Å²) in [5.41, 5.74) is -0.479. The lowest BCUT2D eigenvalue weighted by Crippen LogP contribution is -2.52. The Morgan fingerprint density at radius 3 is 2.72 bits per heavy atom. The fraction of sp³-hybridized carbons (Fsp3) is 0.471. The molecule has 136 valence electrons. The smallest absolute Gasteiger partial charge is 0.305 e. The number of methoxy groups -OCH3 is 1. The fourth-order valence-electron chi connectivity index (χ4n) is 2.97. The number of benzene rings is 1. The maximum absolute atomic E-state index is 12.6. The molecular weight excluding hydrogens is 348 g/mol. The van der Waals surface area contributed by atoms with Crippen molar-refractivity contribution in [3.63, 3.8) is 0 Å². The van der Waals surface area contributed by atoms with Crippen molar-refractivity contribution in [1.29, 1.82) is 0 Å². The molecule has 1 aliphatic rings. The van der Waals surface area contributed by atoms with Crippen molar-refractivity contribution < 1.29 is 24.2 Å². The summed E-state index contributed by atoms with van der Waals surface area (Å²) in [6.07, 6.45) is -0.228. The van der Waals surface area contributed by atoms with Gasteiger partial charge in [-0.2, -0.15) is 0 Å². The number of carboxylic acid groups (broad SMARTS) is 1. The highest BCUT2D eigenvalue weighted by Gasteiger charge is 2.39. The molecule has 2 N–H and O–H groups in total. The zero-order chi connectivity index (χ0) is 18.6. The SMILES string of the molecule is COCC(C)(CC(=O)O)NC(=O)C1CC(=O)N(c2ccccc2Cl)C1. The average molecular weight is 369 g/mol. The zero-order valence-corrected chi connectivity index (χ0v) is 14.9. The number of para-hydroxylation sites is 1. The molecule has 2 atom stereocenters. The molecule has 25 heavy (non-hydrogen) atoms. The number of nitrogens with one attached hydrogen (secondary N) is 1. The van der Waals surface area contributed by atoms with E-state index >= 15 is 0 Å². The Morgan fingerprint density at radius 1 is 1.44 bits per heavy atom. The molecule has 0 radical (unpaired) electrons. The van der Waals surface area contributed by atoms with Gasteiger partial charge in [0.05, 0.1) is 35.2 Å². The van der Waals surface area contributed by atoms with Crippen molar-refractivity contribution >= 4 is 35.1 Å². The molecule has 0 saturated carbocycles. The third kappa shape index (κ3) is 4.70. The second kappa shape index (κ2) is 7.84. The molecule has 1 aliphatic heterocycles. The standard InChI is InChI=1S/C17H21ClN2O5/c1-17(10-25-2,8-15(22)23)19-16(24)11-7-14(21)20(9-11)13-6-4-3-5-12(13)18/h3-6,11H,7-10H2,1-2H3,(H,19,24)(H,22,23).